The van der Waals surface area contributed by atoms with Gasteiger partial charge in [0.15, 0.2) is 0 Å². The largest absolute Gasteiger partial charge is 0.346 e. The second kappa shape index (κ2) is 8.42. The number of nitrogens with zero attached hydrogens (tertiary/aromatic N) is 4. The number of hydrogen-bond donors (Lipinski definition) is 1. The van der Waals surface area contributed by atoms with E-state index in [1.165, 1.54) is 0 Å². The monoisotopic (exact) mass is 427 g/mol. The zero-order valence-corrected chi connectivity index (χ0v) is 18.0. The van der Waals surface area contributed by atoms with Crippen LogP contribution in [0.1, 0.15) is 53.5 Å². The lowest BCUT2D eigenvalue weighted by atomic mass is 10.1. The molecule has 5 rings (SSSR count). The normalized spacial score (nSPS) is 14.2. The Kier molecular flexibility index (Phi) is 5.31. The number of carbonyl (C=O) groups excluding carboxylic acids is 1. The number of amides is 1. The molecule has 0 bridgehead atoms. The lowest BCUT2D eigenvalue weighted by Crippen LogP contribution is -2.30. The molecule has 1 aliphatic carbocycles. The molecule has 2 aromatic heterocycles. The van der Waals surface area contributed by atoms with Crippen LogP contribution in [0.4, 0.5) is 0 Å². The third-order valence-electron chi connectivity index (χ3n) is 6.25. The summed E-state index contributed by atoms with van der Waals surface area (Å²) in [5.41, 5.74) is 2.83. The van der Waals surface area contributed by atoms with Crippen LogP contribution in [0.5, 0.6) is 0 Å². The maximum Gasteiger partial charge on any atom is 0.274 e. The fraction of sp³-hybridized carbons (Fsp3) is 0.280. The molecule has 0 spiro atoms. The van der Waals surface area contributed by atoms with Gasteiger partial charge in [0.2, 0.25) is 0 Å². The summed E-state index contributed by atoms with van der Waals surface area (Å²) in [6, 6.07) is 17.3. The predicted octanol–water partition coefficient (Wildman–Crippen LogP) is 3.94. The Bertz CT molecular complexity index is 1330. The standard InChI is InChI=1S/C25H25N5O2/c1-17-22(15-27-29(17)18-9-3-2-4-10-18)24(31)26-16-23-20-13-7-8-14-21(20)25(32)30(28-23)19-11-5-6-12-19/h2-4,7-10,13-15,19H,5-6,11-12,16H2,1H3,(H,26,31). The van der Waals surface area contributed by atoms with Crippen molar-refractivity contribution in [3.8, 4) is 5.69 Å². The van der Waals surface area contributed by atoms with Gasteiger partial charge in [0.1, 0.15) is 0 Å². The van der Waals surface area contributed by atoms with E-state index >= 15 is 0 Å². The van der Waals surface area contributed by atoms with Crippen LogP contribution in [0.15, 0.2) is 65.6 Å². The summed E-state index contributed by atoms with van der Waals surface area (Å²) in [5.74, 6) is -0.214. The third-order valence-corrected chi connectivity index (χ3v) is 6.25. The van der Waals surface area contributed by atoms with Crippen molar-refractivity contribution >= 4 is 16.7 Å². The molecular formula is C25H25N5O2. The molecule has 7 nitrogen and oxygen atoms in total. The van der Waals surface area contributed by atoms with Crippen LogP contribution in [0.2, 0.25) is 0 Å². The van der Waals surface area contributed by atoms with Crippen molar-refractivity contribution in [3.63, 3.8) is 0 Å². The smallest absolute Gasteiger partial charge is 0.274 e. The lowest BCUT2D eigenvalue weighted by molar-refractivity contribution is 0.0949. The molecule has 0 unspecified atom stereocenters. The fourth-order valence-corrected chi connectivity index (χ4v) is 4.52. The lowest BCUT2D eigenvalue weighted by Gasteiger charge is -2.16. The van der Waals surface area contributed by atoms with Gasteiger partial charge in [0, 0.05) is 5.39 Å². The predicted molar refractivity (Wildman–Crippen MR) is 123 cm³/mol. The van der Waals surface area contributed by atoms with E-state index in [0.717, 1.165) is 42.5 Å². The van der Waals surface area contributed by atoms with E-state index in [2.05, 4.69) is 10.4 Å². The van der Waals surface area contributed by atoms with E-state index in [1.54, 1.807) is 15.6 Å². The minimum absolute atomic E-state index is 0.0532. The number of rotatable bonds is 5. The van der Waals surface area contributed by atoms with Gasteiger partial charge in [-0.15, -0.1) is 0 Å². The van der Waals surface area contributed by atoms with Crippen LogP contribution in [0, 0.1) is 6.92 Å². The molecule has 1 aliphatic rings. The van der Waals surface area contributed by atoms with Crippen LogP contribution in [-0.4, -0.2) is 25.5 Å². The van der Waals surface area contributed by atoms with Crippen molar-refractivity contribution < 1.29 is 4.79 Å². The van der Waals surface area contributed by atoms with Gasteiger partial charge in [0.25, 0.3) is 11.5 Å². The Morgan fingerprint density at radius 2 is 1.72 bits per heavy atom. The summed E-state index contributed by atoms with van der Waals surface area (Å²) < 4.78 is 3.39. The summed E-state index contributed by atoms with van der Waals surface area (Å²) in [5, 5.41) is 13.5. The highest BCUT2D eigenvalue weighted by atomic mass is 16.2. The Balaban J connectivity index is 1.43. The zero-order valence-electron chi connectivity index (χ0n) is 18.0. The highest BCUT2D eigenvalue weighted by Gasteiger charge is 2.22. The number of hydrogen-bond acceptors (Lipinski definition) is 4. The fourth-order valence-electron chi connectivity index (χ4n) is 4.52. The van der Waals surface area contributed by atoms with Crippen molar-refractivity contribution in [2.75, 3.05) is 0 Å². The molecule has 0 saturated heterocycles. The van der Waals surface area contributed by atoms with Gasteiger partial charge in [-0.1, -0.05) is 49.2 Å². The second-order valence-corrected chi connectivity index (χ2v) is 8.25. The van der Waals surface area contributed by atoms with Crippen LogP contribution in [0.3, 0.4) is 0 Å². The van der Waals surface area contributed by atoms with Crippen LogP contribution in [0.25, 0.3) is 16.5 Å². The number of benzene rings is 2. The first kappa shape index (κ1) is 20.2. The molecule has 0 radical (unpaired) electrons. The average Bonchev–Trinajstić information content (AvgIpc) is 3.49. The van der Waals surface area contributed by atoms with Crippen LogP contribution >= 0.6 is 0 Å². The van der Waals surface area contributed by atoms with Crippen molar-refractivity contribution in [3.05, 3.63) is 88.1 Å². The molecule has 1 N–H and O–H groups in total. The molecule has 2 aromatic carbocycles. The Labute approximate surface area is 185 Å². The van der Waals surface area contributed by atoms with E-state index in [-0.39, 0.29) is 24.1 Å². The molecule has 0 atom stereocenters. The maximum absolute atomic E-state index is 13.0. The summed E-state index contributed by atoms with van der Waals surface area (Å²) in [6.45, 7) is 2.12. The molecular weight excluding hydrogens is 402 g/mol. The Hall–Kier alpha value is -3.74. The highest BCUT2D eigenvalue weighted by Crippen LogP contribution is 2.28. The molecule has 7 heteroatoms. The Morgan fingerprint density at radius 1 is 1.03 bits per heavy atom. The quantitative estimate of drug-likeness (QED) is 0.523. The van der Waals surface area contributed by atoms with E-state index in [4.69, 9.17) is 5.10 Å². The maximum atomic E-state index is 13.0. The molecule has 162 valence electrons. The summed E-state index contributed by atoms with van der Waals surface area (Å²) in [7, 11) is 0. The van der Waals surface area contributed by atoms with Gasteiger partial charge in [-0.3, -0.25) is 9.59 Å². The number of para-hydroxylation sites is 1. The summed E-state index contributed by atoms with van der Waals surface area (Å²) in [6.07, 6.45) is 5.75. The Morgan fingerprint density at radius 3 is 2.47 bits per heavy atom. The van der Waals surface area contributed by atoms with E-state index in [9.17, 15) is 9.59 Å². The average molecular weight is 428 g/mol. The molecule has 0 aliphatic heterocycles. The first-order valence-corrected chi connectivity index (χ1v) is 11.0. The molecule has 2 heterocycles. The molecule has 1 fully saturated rings. The van der Waals surface area contributed by atoms with Gasteiger partial charge in [-0.25, -0.2) is 9.36 Å². The molecule has 1 saturated carbocycles. The summed E-state index contributed by atoms with van der Waals surface area (Å²) in [4.78, 5) is 26.0. The molecule has 4 aromatic rings. The van der Waals surface area contributed by atoms with Gasteiger partial charge >= 0.3 is 0 Å². The minimum atomic E-state index is -0.214. The number of aromatic nitrogens is 4. The van der Waals surface area contributed by atoms with E-state index in [0.29, 0.717) is 16.6 Å². The van der Waals surface area contributed by atoms with Gasteiger partial charge < -0.3 is 5.32 Å². The second-order valence-electron chi connectivity index (χ2n) is 8.25. The zero-order chi connectivity index (χ0) is 22.1. The van der Waals surface area contributed by atoms with E-state index in [1.807, 2.05) is 61.5 Å². The number of fused-ring (bicyclic) bond motifs is 1. The first-order chi connectivity index (χ1) is 15.6. The first-order valence-electron chi connectivity index (χ1n) is 11.0. The van der Waals surface area contributed by atoms with Gasteiger partial charge in [-0.2, -0.15) is 10.2 Å². The number of carbonyl (C=O) groups is 1. The van der Waals surface area contributed by atoms with Crippen molar-refractivity contribution in [2.24, 2.45) is 0 Å². The summed E-state index contributed by atoms with van der Waals surface area (Å²) >= 11 is 0. The van der Waals surface area contributed by atoms with Crippen molar-refractivity contribution in [1.82, 2.24) is 24.9 Å². The number of nitrogens with one attached hydrogen (secondary N) is 1. The van der Waals surface area contributed by atoms with Crippen LogP contribution in [-0.2, 0) is 6.54 Å². The topological polar surface area (TPSA) is 81.8 Å². The van der Waals surface area contributed by atoms with Crippen molar-refractivity contribution in [2.45, 2.75) is 45.2 Å². The van der Waals surface area contributed by atoms with Gasteiger partial charge in [0.05, 0.1) is 46.8 Å². The van der Waals surface area contributed by atoms with Gasteiger partial charge in [-0.05, 0) is 38.0 Å². The minimum Gasteiger partial charge on any atom is -0.346 e. The molecule has 1 amide bonds. The van der Waals surface area contributed by atoms with Crippen molar-refractivity contribution in [1.29, 1.82) is 0 Å². The van der Waals surface area contributed by atoms with Crippen LogP contribution < -0.4 is 10.9 Å². The van der Waals surface area contributed by atoms with E-state index < -0.39 is 0 Å². The highest BCUT2D eigenvalue weighted by molar-refractivity contribution is 5.95. The molecule has 32 heavy (non-hydrogen) atoms. The SMILES string of the molecule is Cc1c(C(=O)NCc2nn(C3CCCC3)c(=O)c3ccccc23)cnn1-c1ccccc1. The third kappa shape index (κ3) is 3.60.